The van der Waals surface area contributed by atoms with Gasteiger partial charge in [0.1, 0.15) is 0 Å². The lowest BCUT2D eigenvalue weighted by Crippen LogP contribution is -2.20. The fourth-order valence-electron chi connectivity index (χ4n) is 4.31. The van der Waals surface area contributed by atoms with Crippen LogP contribution in [0.1, 0.15) is 84.5 Å². The Morgan fingerprint density at radius 3 is 1.88 bits per heavy atom. The summed E-state index contributed by atoms with van der Waals surface area (Å²) < 4.78 is 5.71. The van der Waals surface area contributed by atoms with Crippen LogP contribution in [0.4, 0.5) is 0 Å². The molecule has 0 amide bonds. The van der Waals surface area contributed by atoms with Gasteiger partial charge in [0.05, 0.1) is 6.10 Å². The highest BCUT2D eigenvalue weighted by Crippen LogP contribution is 2.32. The molecule has 1 nitrogen and oxygen atoms in total. The van der Waals surface area contributed by atoms with Gasteiger partial charge in [-0.05, 0) is 88.2 Å². The molecule has 0 aliphatic heterocycles. The van der Waals surface area contributed by atoms with Crippen LogP contribution in [0.15, 0.2) is 24.3 Å². The zero-order valence-electron chi connectivity index (χ0n) is 16.5. The third-order valence-corrected chi connectivity index (χ3v) is 5.97. The average molecular weight is 343 g/mol. The largest absolute Gasteiger partial charge is 0.379 e. The Kier molecular flexibility index (Phi) is 10.1. The molecule has 0 aromatic carbocycles. The van der Waals surface area contributed by atoms with Crippen molar-refractivity contribution >= 4 is 0 Å². The van der Waals surface area contributed by atoms with Crippen LogP contribution in [-0.4, -0.2) is 12.7 Å². The van der Waals surface area contributed by atoms with Gasteiger partial charge in [-0.1, -0.05) is 50.2 Å². The number of hydrogen-bond acceptors (Lipinski definition) is 1. The first kappa shape index (κ1) is 20.3. The van der Waals surface area contributed by atoms with Crippen molar-refractivity contribution < 1.29 is 4.74 Å². The average Bonchev–Trinajstić information content (AvgIpc) is 2.65. The quantitative estimate of drug-likeness (QED) is 0.468. The van der Waals surface area contributed by atoms with E-state index < -0.39 is 0 Å². The number of unbranched alkanes of at least 4 members (excludes halogenated alkanes) is 1. The van der Waals surface area contributed by atoms with Gasteiger partial charge in [0.2, 0.25) is 0 Å². The van der Waals surface area contributed by atoms with E-state index in [1.807, 2.05) is 0 Å². The van der Waals surface area contributed by atoms with E-state index in [-0.39, 0.29) is 0 Å². The molecule has 0 aromatic rings. The van der Waals surface area contributed by atoms with Crippen LogP contribution in [-0.2, 0) is 4.74 Å². The Morgan fingerprint density at radius 1 is 0.800 bits per heavy atom. The molecule has 2 fully saturated rings. The highest BCUT2D eigenvalue weighted by atomic mass is 16.5. The molecule has 0 saturated heterocycles. The molecule has 0 aromatic heterocycles. The minimum Gasteiger partial charge on any atom is -0.379 e. The zero-order valence-corrected chi connectivity index (χ0v) is 16.5. The van der Waals surface area contributed by atoms with Gasteiger partial charge < -0.3 is 4.74 Å². The van der Waals surface area contributed by atoms with E-state index in [1.54, 1.807) is 0 Å². The highest BCUT2D eigenvalue weighted by molar-refractivity contribution is 5.24. The van der Waals surface area contributed by atoms with Crippen LogP contribution in [0.5, 0.6) is 0 Å². The van der Waals surface area contributed by atoms with Gasteiger partial charge in [0, 0.05) is 6.61 Å². The summed E-state index contributed by atoms with van der Waals surface area (Å²) in [5.74, 6) is 8.87. The number of rotatable bonds is 7. The molecule has 0 radical (unpaired) electrons. The summed E-state index contributed by atoms with van der Waals surface area (Å²) in [7, 11) is 0. The molecular formula is C24H38O. The molecule has 1 heteroatoms. The maximum absolute atomic E-state index is 5.71. The third-order valence-electron chi connectivity index (χ3n) is 5.97. The third kappa shape index (κ3) is 8.28. The molecule has 0 bridgehead atoms. The van der Waals surface area contributed by atoms with E-state index in [0.29, 0.717) is 12.0 Å². The summed E-state index contributed by atoms with van der Waals surface area (Å²) in [6, 6.07) is 0. The molecular weight excluding hydrogens is 304 g/mol. The number of hydrogen-bond donors (Lipinski definition) is 0. The van der Waals surface area contributed by atoms with E-state index in [9.17, 15) is 0 Å². The van der Waals surface area contributed by atoms with Crippen molar-refractivity contribution in [1.82, 2.24) is 0 Å². The van der Waals surface area contributed by atoms with Gasteiger partial charge in [0.15, 0.2) is 0 Å². The molecule has 140 valence electrons. The topological polar surface area (TPSA) is 9.23 Å². The second-order valence-corrected chi connectivity index (χ2v) is 7.92. The summed E-state index contributed by atoms with van der Waals surface area (Å²) in [6.07, 6.45) is 24.0. The lowest BCUT2D eigenvalue weighted by Gasteiger charge is -2.26. The van der Waals surface area contributed by atoms with E-state index >= 15 is 0 Å². The number of allylic oxidation sites excluding steroid dienone is 4. The van der Waals surface area contributed by atoms with Crippen molar-refractivity contribution in [3.8, 4) is 11.8 Å². The van der Waals surface area contributed by atoms with Crippen LogP contribution in [0, 0.1) is 29.6 Å². The van der Waals surface area contributed by atoms with E-state index in [2.05, 4.69) is 50.0 Å². The van der Waals surface area contributed by atoms with Crippen LogP contribution >= 0.6 is 0 Å². The van der Waals surface area contributed by atoms with Crippen molar-refractivity contribution in [1.29, 1.82) is 0 Å². The molecule has 2 saturated carbocycles. The van der Waals surface area contributed by atoms with Gasteiger partial charge in [-0.2, -0.15) is 0 Å². The first-order valence-electron chi connectivity index (χ1n) is 10.8. The fourth-order valence-corrected chi connectivity index (χ4v) is 4.31. The summed E-state index contributed by atoms with van der Waals surface area (Å²) in [5, 5.41) is 0. The molecule has 2 aliphatic rings. The van der Waals surface area contributed by atoms with E-state index in [0.717, 1.165) is 18.4 Å². The summed E-state index contributed by atoms with van der Waals surface area (Å²) >= 11 is 0. The Labute approximate surface area is 156 Å². The monoisotopic (exact) mass is 342 g/mol. The fraction of sp³-hybridized carbons (Fsp3) is 0.750. The molecule has 25 heavy (non-hydrogen) atoms. The minimum atomic E-state index is 0.501. The van der Waals surface area contributed by atoms with Crippen molar-refractivity contribution in [3.63, 3.8) is 0 Å². The van der Waals surface area contributed by atoms with Crippen molar-refractivity contribution in [2.75, 3.05) is 6.61 Å². The van der Waals surface area contributed by atoms with Gasteiger partial charge in [-0.25, -0.2) is 0 Å². The lowest BCUT2D eigenvalue weighted by molar-refractivity contribution is 0.0302. The maximum Gasteiger partial charge on any atom is 0.0575 e. The van der Waals surface area contributed by atoms with E-state index in [4.69, 9.17) is 4.74 Å². The Balaban J connectivity index is 1.60. The normalized spacial score (nSPS) is 30.5. The van der Waals surface area contributed by atoms with Crippen LogP contribution in [0.25, 0.3) is 0 Å². The molecule has 0 heterocycles. The van der Waals surface area contributed by atoms with Crippen molar-refractivity contribution in [2.45, 2.75) is 90.6 Å². The van der Waals surface area contributed by atoms with Gasteiger partial charge in [-0.15, -0.1) is 0 Å². The highest BCUT2D eigenvalue weighted by Gasteiger charge is 2.19. The molecule has 2 rings (SSSR count). The van der Waals surface area contributed by atoms with E-state index in [1.165, 1.54) is 70.6 Å². The second kappa shape index (κ2) is 12.4. The van der Waals surface area contributed by atoms with Crippen LogP contribution in [0.3, 0.4) is 0 Å². The Hall–Kier alpha value is -1.00. The summed E-state index contributed by atoms with van der Waals surface area (Å²) in [4.78, 5) is 0. The zero-order chi connectivity index (χ0) is 17.7. The van der Waals surface area contributed by atoms with Gasteiger partial charge >= 0.3 is 0 Å². The Morgan fingerprint density at radius 2 is 1.36 bits per heavy atom. The SMILES string of the molecule is CCCCC1CCC(/C=C/C#C/C=C/C2CCC(OCC)CC2)CC1. The van der Waals surface area contributed by atoms with Crippen molar-refractivity contribution in [2.24, 2.45) is 17.8 Å². The second-order valence-electron chi connectivity index (χ2n) is 7.92. The Bertz CT molecular complexity index is 448. The van der Waals surface area contributed by atoms with Gasteiger partial charge in [0.25, 0.3) is 0 Å². The predicted octanol–water partition coefficient (Wildman–Crippen LogP) is 6.69. The molecule has 0 unspecified atom stereocenters. The van der Waals surface area contributed by atoms with Gasteiger partial charge in [-0.3, -0.25) is 0 Å². The first-order valence-corrected chi connectivity index (χ1v) is 10.8. The molecule has 2 aliphatic carbocycles. The minimum absolute atomic E-state index is 0.501. The standard InChI is InChI=1S/C24H38O/c1-3-5-10-21-13-15-22(16-14-21)11-8-6-7-9-12-23-17-19-24(20-18-23)25-4-2/h8-9,11-12,21-24H,3-5,10,13-20H2,1-2H3/b11-8+,12-9+. The maximum atomic E-state index is 5.71. The molecule has 0 spiro atoms. The van der Waals surface area contributed by atoms with Crippen molar-refractivity contribution in [3.05, 3.63) is 24.3 Å². The summed E-state index contributed by atoms with van der Waals surface area (Å²) in [6.45, 7) is 5.24. The smallest absolute Gasteiger partial charge is 0.0575 e. The summed E-state index contributed by atoms with van der Waals surface area (Å²) in [5.41, 5.74) is 0. The molecule has 0 atom stereocenters. The van der Waals surface area contributed by atoms with Crippen LogP contribution < -0.4 is 0 Å². The lowest BCUT2D eigenvalue weighted by atomic mass is 9.80. The molecule has 0 N–H and O–H groups in total. The first-order chi connectivity index (χ1) is 12.3. The predicted molar refractivity (Wildman–Crippen MR) is 108 cm³/mol. The number of ether oxygens (including phenoxy) is 1. The van der Waals surface area contributed by atoms with Crippen LogP contribution in [0.2, 0.25) is 0 Å².